The number of anilines is 2. The first-order chi connectivity index (χ1) is 12.7. The van der Waals surface area contributed by atoms with Gasteiger partial charge in [0.2, 0.25) is 5.95 Å². The average molecular weight is 415 g/mol. The zero-order chi connectivity index (χ0) is 19.6. The van der Waals surface area contributed by atoms with E-state index in [4.69, 9.17) is 23.2 Å². The van der Waals surface area contributed by atoms with Crippen LogP contribution in [-0.2, 0) is 12.7 Å². The van der Waals surface area contributed by atoms with Gasteiger partial charge in [-0.05, 0) is 11.6 Å². The summed E-state index contributed by atoms with van der Waals surface area (Å²) in [5.74, 6) is -0.315. The minimum atomic E-state index is -4.78. The van der Waals surface area contributed by atoms with Gasteiger partial charge in [0, 0.05) is 12.3 Å². The number of halogens is 5. The predicted octanol–water partition coefficient (Wildman–Crippen LogP) is 4.76. The smallest absolute Gasteiger partial charge is 0.309 e. The second-order valence-corrected chi connectivity index (χ2v) is 6.33. The van der Waals surface area contributed by atoms with Crippen molar-refractivity contribution < 1.29 is 13.2 Å². The number of benzene rings is 1. The first kappa shape index (κ1) is 19.2. The van der Waals surface area contributed by atoms with Gasteiger partial charge in [-0.2, -0.15) is 13.2 Å². The van der Waals surface area contributed by atoms with Crippen molar-refractivity contribution in [2.24, 2.45) is 0 Å². The molecule has 0 saturated carbocycles. The molecule has 10 heteroatoms. The molecule has 2 heterocycles. The zero-order valence-corrected chi connectivity index (χ0v) is 15.0. The molecule has 0 saturated heterocycles. The maximum Gasteiger partial charge on any atom is 0.433 e. The highest BCUT2D eigenvalue weighted by atomic mass is 35.5. The molecule has 0 bridgehead atoms. The van der Waals surface area contributed by atoms with Gasteiger partial charge in [-0.3, -0.25) is 9.36 Å². The molecule has 0 spiro atoms. The minimum absolute atomic E-state index is 0.0123. The summed E-state index contributed by atoms with van der Waals surface area (Å²) in [4.78, 5) is 19.8. The van der Waals surface area contributed by atoms with Crippen LogP contribution in [0.3, 0.4) is 0 Å². The molecule has 140 valence electrons. The molecule has 0 aliphatic carbocycles. The average Bonchev–Trinajstić information content (AvgIpc) is 2.60. The summed E-state index contributed by atoms with van der Waals surface area (Å²) in [5.41, 5.74) is -1.47. The molecule has 1 N–H and O–H groups in total. The maximum absolute atomic E-state index is 13.1. The Morgan fingerprint density at radius 1 is 1.11 bits per heavy atom. The van der Waals surface area contributed by atoms with Crippen LogP contribution in [0.5, 0.6) is 0 Å². The van der Waals surface area contributed by atoms with E-state index in [1.54, 1.807) is 30.3 Å². The lowest BCUT2D eigenvalue weighted by Gasteiger charge is -2.16. The number of hydrogen-bond acceptors (Lipinski definition) is 4. The monoisotopic (exact) mass is 414 g/mol. The highest BCUT2D eigenvalue weighted by Crippen LogP contribution is 2.29. The zero-order valence-electron chi connectivity index (χ0n) is 13.5. The van der Waals surface area contributed by atoms with Crippen molar-refractivity contribution in [3.63, 3.8) is 0 Å². The molecule has 2 aromatic heterocycles. The highest BCUT2D eigenvalue weighted by Gasteiger charge is 2.34. The van der Waals surface area contributed by atoms with Crippen LogP contribution < -0.4 is 10.9 Å². The second-order valence-electron chi connectivity index (χ2n) is 5.48. The van der Waals surface area contributed by atoms with E-state index >= 15 is 0 Å². The summed E-state index contributed by atoms with van der Waals surface area (Å²) < 4.78 is 40.3. The van der Waals surface area contributed by atoms with Crippen LogP contribution in [0.1, 0.15) is 11.3 Å². The maximum atomic E-state index is 13.1. The highest BCUT2D eigenvalue weighted by molar-refractivity contribution is 6.36. The van der Waals surface area contributed by atoms with Crippen molar-refractivity contribution in [1.29, 1.82) is 0 Å². The van der Waals surface area contributed by atoms with Gasteiger partial charge in [0.05, 0.1) is 16.6 Å². The van der Waals surface area contributed by atoms with E-state index in [0.717, 1.165) is 4.57 Å². The number of pyridine rings is 1. The van der Waals surface area contributed by atoms with Gasteiger partial charge in [0.15, 0.2) is 11.5 Å². The van der Waals surface area contributed by atoms with E-state index in [-0.39, 0.29) is 28.4 Å². The van der Waals surface area contributed by atoms with Crippen LogP contribution >= 0.6 is 23.2 Å². The Kier molecular flexibility index (Phi) is 5.38. The number of rotatable bonds is 4. The Morgan fingerprint density at radius 2 is 1.81 bits per heavy atom. The van der Waals surface area contributed by atoms with Crippen molar-refractivity contribution >= 4 is 35.0 Å². The quantitative estimate of drug-likeness (QED) is 0.668. The molecular weight excluding hydrogens is 404 g/mol. The third kappa shape index (κ3) is 4.58. The summed E-state index contributed by atoms with van der Waals surface area (Å²) in [6.07, 6.45) is -3.51. The van der Waals surface area contributed by atoms with E-state index < -0.39 is 17.4 Å². The van der Waals surface area contributed by atoms with E-state index in [1.165, 1.54) is 12.3 Å². The van der Waals surface area contributed by atoms with Crippen molar-refractivity contribution in [2.45, 2.75) is 12.7 Å². The van der Waals surface area contributed by atoms with Crippen LogP contribution in [0.15, 0.2) is 53.5 Å². The van der Waals surface area contributed by atoms with Gasteiger partial charge in [0.1, 0.15) is 0 Å². The fraction of sp³-hybridized carbons (Fsp3) is 0.118. The lowest BCUT2D eigenvalue weighted by atomic mass is 10.2. The molecule has 0 radical (unpaired) electrons. The first-order valence-corrected chi connectivity index (χ1v) is 8.31. The lowest BCUT2D eigenvalue weighted by Crippen LogP contribution is -2.27. The Labute approximate surface area is 161 Å². The molecule has 27 heavy (non-hydrogen) atoms. The van der Waals surface area contributed by atoms with Gasteiger partial charge >= 0.3 is 6.18 Å². The van der Waals surface area contributed by atoms with Crippen molar-refractivity contribution in [3.8, 4) is 0 Å². The van der Waals surface area contributed by atoms with Gasteiger partial charge < -0.3 is 5.32 Å². The summed E-state index contributed by atoms with van der Waals surface area (Å²) >= 11 is 11.8. The Bertz CT molecular complexity index is 1020. The number of hydrogen-bond donors (Lipinski definition) is 1. The molecule has 0 aliphatic rings. The predicted molar refractivity (Wildman–Crippen MR) is 96.6 cm³/mol. The molecule has 5 nitrogen and oxygen atoms in total. The van der Waals surface area contributed by atoms with E-state index in [2.05, 4.69) is 15.3 Å². The number of nitrogens with one attached hydrogen (secondary N) is 1. The van der Waals surface area contributed by atoms with Gasteiger partial charge in [-0.25, -0.2) is 9.97 Å². The van der Waals surface area contributed by atoms with Gasteiger partial charge in [0.25, 0.3) is 5.56 Å². The third-order valence-corrected chi connectivity index (χ3v) is 4.02. The fourth-order valence-corrected chi connectivity index (χ4v) is 2.71. The van der Waals surface area contributed by atoms with Crippen molar-refractivity contribution in [2.75, 3.05) is 5.32 Å². The third-order valence-electron chi connectivity index (χ3n) is 3.52. The molecule has 0 atom stereocenters. The number of alkyl halides is 3. The Balaban J connectivity index is 2.10. The summed E-state index contributed by atoms with van der Waals surface area (Å²) in [6.45, 7) is 0.0123. The molecular formula is C17H11Cl2F3N4O. The van der Waals surface area contributed by atoms with Crippen LogP contribution in [0.4, 0.5) is 24.9 Å². The van der Waals surface area contributed by atoms with E-state index in [0.29, 0.717) is 11.6 Å². The van der Waals surface area contributed by atoms with Crippen LogP contribution in [-0.4, -0.2) is 14.5 Å². The largest absolute Gasteiger partial charge is 0.433 e. The molecule has 0 unspecified atom stereocenters. The molecule has 1 aromatic carbocycles. The molecule has 0 aliphatic heterocycles. The molecule has 0 amide bonds. The first-order valence-electron chi connectivity index (χ1n) is 7.55. The van der Waals surface area contributed by atoms with Crippen LogP contribution in [0, 0.1) is 0 Å². The second kappa shape index (κ2) is 7.58. The number of aromatic nitrogens is 3. The topological polar surface area (TPSA) is 59.8 Å². The van der Waals surface area contributed by atoms with Crippen LogP contribution in [0.25, 0.3) is 0 Å². The SMILES string of the molecule is O=c1cc(C(F)(F)F)nc(Nc2ncc(Cl)cc2Cl)n1Cc1ccccc1. The molecule has 0 fully saturated rings. The van der Waals surface area contributed by atoms with Gasteiger partial charge in [-0.15, -0.1) is 0 Å². The standard InChI is InChI=1S/C17H11Cl2F3N4O/c18-11-6-12(19)15(23-8-11)25-16-24-13(17(20,21)22)7-14(27)26(16)9-10-4-2-1-3-5-10/h1-8H,9H2,(H,23,24,25). The Hall–Kier alpha value is -2.58. The van der Waals surface area contributed by atoms with Crippen molar-refractivity contribution in [1.82, 2.24) is 14.5 Å². The van der Waals surface area contributed by atoms with Gasteiger partial charge in [-0.1, -0.05) is 53.5 Å². The minimum Gasteiger partial charge on any atom is -0.309 e. The fourth-order valence-electron chi connectivity index (χ4n) is 2.28. The lowest BCUT2D eigenvalue weighted by molar-refractivity contribution is -0.141. The van der Waals surface area contributed by atoms with Crippen molar-refractivity contribution in [3.05, 3.63) is 80.3 Å². The normalized spacial score (nSPS) is 11.4. The van der Waals surface area contributed by atoms with Crippen LogP contribution in [0.2, 0.25) is 10.0 Å². The Morgan fingerprint density at radius 3 is 2.44 bits per heavy atom. The molecule has 3 rings (SSSR count). The number of nitrogens with zero attached hydrogens (tertiary/aromatic N) is 3. The van der Waals surface area contributed by atoms with E-state index in [1.807, 2.05) is 0 Å². The van der Waals surface area contributed by atoms with E-state index in [9.17, 15) is 18.0 Å². The molecule has 3 aromatic rings. The summed E-state index contributed by atoms with van der Waals surface area (Å²) in [6, 6.07) is 10.6. The summed E-state index contributed by atoms with van der Waals surface area (Å²) in [7, 11) is 0. The summed E-state index contributed by atoms with van der Waals surface area (Å²) in [5, 5.41) is 2.92.